The first kappa shape index (κ1) is 36.6. The highest BCUT2D eigenvalue weighted by atomic mass is 16.6. The Morgan fingerprint density at radius 3 is 1.58 bits per heavy atom. The van der Waals surface area contributed by atoms with E-state index in [1.165, 1.54) is 34.4 Å². The Kier molecular flexibility index (Phi) is 10.5. The zero-order valence-corrected chi connectivity index (χ0v) is 28.8. The number of rotatable bonds is 16. The molecule has 8 rings (SSSR count). The van der Waals surface area contributed by atoms with Crippen molar-refractivity contribution in [1.82, 2.24) is 69.0 Å². The van der Waals surface area contributed by atoms with Crippen LogP contribution in [0.2, 0.25) is 0 Å². The van der Waals surface area contributed by atoms with Gasteiger partial charge in [-0.3, -0.25) is 18.7 Å². The van der Waals surface area contributed by atoms with E-state index in [0.717, 1.165) is 0 Å². The Labute approximate surface area is 307 Å². The summed E-state index contributed by atoms with van der Waals surface area (Å²) < 4.78 is 35.5. The molecule has 8 atom stereocenters. The van der Waals surface area contributed by atoms with Crippen LogP contribution in [-0.2, 0) is 50.0 Å². The molecule has 6 N–H and O–H groups in total. The van der Waals surface area contributed by atoms with Gasteiger partial charge in [0.2, 0.25) is 0 Å². The van der Waals surface area contributed by atoms with Crippen LogP contribution in [0.25, 0.3) is 22.3 Å². The molecule has 0 bridgehead atoms. The summed E-state index contributed by atoms with van der Waals surface area (Å²) in [7, 11) is 0. The molecule has 0 spiro atoms. The molecular weight excluding hydrogens is 732 g/mol. The number of hydrogen-bond donors (Lipinski definition) is 6. The molecule has 0 unspecified atom stereocenters. The van der Waals surface area contributed by atoms with Crippen molar-refractivity contribution in [2.45, 2.75) is 75.4 Å². The Bertz CT molecular complexity index is 2180. The van der Waals surface area contributed by atoms with Crippen molar-refractivity contribution < 1.29 is 44.1 Å². The maximum Gasteiger partial charge on any atom is 0.278 e. The standard InChI is InChI=1S/C30H36N14O11/c45-7-17-21(47)23(29(54-17)43-13-35-19-25(43)31-11-33-27(19)49)52-9-15-5-41(39-37-15)1-3-51-4-2-42-6-16(38-40-42)10-53-24-22(48)18(8-46)55-30(24)44-14-36-20-26(44)32-12-34-28(20)50/h5-6,11-14,17-18,21-24,29-30,45-48H,1-4,7-10H2,(H,31,33,49)(H,32,34,50)/t17-,18-,21-,22-,23-,24-,29-,30-/m1/s1. The van der Waals surface area contributed by atoms with Crippen LogP contribution in [0.15, 0.2) is 47.3 Å². The molecule has 25 heteroatoms. The number of aliphatic hydroxyl groups is 4. The summed E-state index contributed by atoms with van der Waals surface area (Å²) in [5.41, 5.74) is 0.745. The molecule has 8 heterocycles. The number of aromatic nitrogens is 14. The Hall–Kier alpha value is -5.38. The summed E-state index contributed by atoms with van der Waals surface area (Å²) in [4.78, 5) is 45.7. The van der Waals surface area contributed by atoms with Gasteiger partial charge in [-0.05, 0) is 0 Å². The normalized spacial score (nSPS) is 25.5. The maximum absolute atomic E-state index is 12.1. The van der Waals surface area contributed by atoms with E-state index >= 15 is 0 Å². The van der Waals surface area contributed by atoms with Crippen molar-refractivity contribution >= 4 is 22.3 Å². The quantitative estimate of drug-likeness (QED) is 0.0513. The maximum atomic E-state index is 12.1. The van der Waals surface area contributed by atoms with E-state index in [1.807, 2.05) is 0 Å². The number of aromatic amines is 2. The molecule has 2 aliphatic rings. The van der Waals surface area contributed by atoms with Crippen LogP contribution < -0.4 is 11.1 Å². The second-order valence-electron chi connectivity index (χ2n) is 12.7. The van der Waals surface area contributed by atoms with Gasteiger partial charge in [-0.1, -0.05) is 10.4 Å². The minimum Gasteiger partial charge on any atom is -0.394 e. The van der Waals surface area contributed by atoms with Gasteiger partial charge in [-0.15, -0.1) is 10.2 Å². The van der Waals surface area contributed by atoms with Crippen molar-refractivity contribution in [3.8, 4) is 0 Å². The lowest BCUT2D eigenvalue weighted by atomic mass is 10.1. The number of nitrogens with one attached hydrogen (secondary N) is 2. The van der Waals surface area contributed by atoms with Crippen LogP contribution in [0.3, 0.4) is 0 Å². The monoisotopic (exact) mass is 768 g/mol. The third-order valence-corrected chi connectivity index (χ3v) is 9.21. The molecule has 25 nitrogen and oxygen atoms in total. The number of imidazole rings is 2. The van der Waals surface area contributed by atoms with E-state index in [2.05, 4.69) is 50.5 Å². The first-order valence-corrected chi connectivity index (χ1v) is 17.1. The van der Waals surface area contributed by atoms with Crippen LogP contribution in [0, 0.1) is 0 Å². The van der Waals surface area contributed by atoms with Crippen molar-refractivity contribution in [2.24, 2.45) is 0 Å². The van der Waals surface area contributed by atoms with Crippen LogP contribution in [-0.4, -0.2) is 153 Å². The average molecular weight is 769 g/mol. The number of nitrogens with zero attached hydrogens (tertiary/aromatic N) is 12. The molecule has 292 valence electrons. The van der Waals surface area contributed by atoms with Gasteiger partial charge in [0.05, 0.1) is 90.4 Å². The van der Waals surface area contributed by atoms with Crippen LogP contribution in [0.1, 0.15) is 23.8 Å². The van der Waals surface area contributed by atoms with Crippen LogP contribution in [0.4, 0.5) is 0 Å². The number of hydrogen-bond acceptors (Lipinski definition) is 19. The highest BCUT2D eigenvalue weighted by Crippen LogP contribution is 2.35. The summed E-state index contributed by atoms with van der Waals surface area (Å²) in [5, 5.41) is 57.6. The molecule has 55 heavy (non-hydrogen) atoms. The van der Waals surface area contributed by atoms with Gasteiger partial charge < -0.3 is 54.1 Å². The smallest absolute Gasteiger partial charge is 0.278 e. The van der Waals surface area contributed by atoms with Gasteiger partial charge in [0.15, 0.2) is 34.8 Å². The molecule has 2 saturated heterocycles. The lowest BCUT2D eigenvalue weighted by molar-refractivity contribution is -0.0767. The minimum absolute atomic E-state index is 0.0339. The lowest BCUT2D eigenvalue weighted by Crippen LogP contribution is -2.35. The van der Waals surface area contributed by atoms with Crippen LogP contribution >= 0.6 is 0 Å². The summed E-state index contributed by atoms with van der Waals surface area (Å²) in [6.45, 7) is 0.399. The topological polar surface area (TPSA) is 316 Å². The minimum atomic E-state index is -1.19. The fourth-order valence-corrected chi connectivity index (χ4v) is 6.45. The van der Waals surface area contributed by atoms with Gasteiger partial charge >= 0.3 is 0 Å². The summed E-state index contributed by atoms with van der Waals surface area (Å²) >= 11 is 0. The van der Waals surface area contributed by atoms with E-state index in [1.54, 1.807) is 21.8 Å². The van der Waals surface area contributed by atoms with Crippen molar-refractivity contribution in [2.75, 3.05) is 26.4 Å². The lowest BCUT2D eigenvalue weighted by Gasteiger charge is -2.21. The van der Waals surface area contributed by atoms with Crippen molar-refractivity contribution in [3.05, 3.63) is 69.8 Å². The van der Waals surface area contributed by atoms with E-state index in [4.69, 9.17) is 23.7 Å². The molecule has 0 aromatic carbocycles. The number of aliphatic hydroxyl groups excluding tert-OH is 4. The first-order chi connectivity index (χ1) is 26.8. The number of ether oxygens (including phenoxy) is 5. The van der Waals surface area contributed by atoms with Gasteiger partial charge in [-0.2, -0.15) is 0 Å². The molecular formula is C30H36N14O11. The number of fused-ring (bicyclic) bond motifs is 2. The summed E-state index contributed by atoms with van der Waals surface area (Å²) in [6, 6.07) is 0. The van der Waals surface area contributed by atoms with E-state index in [-0.39, 0.29) is 35.5 Å². The zero-order valence-electron chi connectivity index (χ0n) is 28.8. The molecule has 6 aromatic rings. The highest BCUT2D eigenvalue weighted by molar-refractivity contribution is 5.69. The van der Waals surface area contributed by atoms with Gasteiger partial charge in [0.1, 0.15) is 48.0 Å². The van der Waals surface area contributed by atoms with Gasteiger partial charge in [0, 0.05) is 0 Å². The molecule has 6 aromatic heterocycles. The molecule has 2 fully saturated rings. The van der Waals surface area contributed by atoms with Crippen molar-refractivity contribution in [1.29, 1.82) is 0 Å². The first-order valence-electron chi connectivity index (χ1n) is 17.1. The van der Waals surface area contributed by atoms with Gasteiger partial charge in [0.25, 0.3) is 11.1 Å². The predicted molar refractivity (Wildman–Crippen MR) is 178 cm³/mol. The molecule has 0 radical (unpaired) electrons. The molecule has 0 saturated carbocycles. The molecule has 0 aliphatic carbocycles. The second-order valence-corrected chi connectivity index (χ2v) is 12.7. The summed E-state index contributed by atoms with van der Waals surface area (Å²) in [6.07, 6.45) is 0.571. The third-order valence-electron chi connectivity index (χ3n) is 9.21. The fourth-order valence-electron chi connectivity index (χ4n) is 6.45. The van der Waals surface area contributed by atoms with Crippen LogP contribution in [0.5, 0.6) is 0 Å². The average Bonchev–Trinajstić information content (AvgIpc) is 4.05. The van der Waals surface area contributed by atoms with E-state index < -0.39 is 73.4 Å². The predicted octanol–water partition coefficient (Wildman–Crippen LogP) is -3.88. The molecule has 2 aliphatic heterocycles. The Morgan fingerprint density at radius 2 is 1.15 bits per heavy atom. The Balaban J connectivity index is 0.795. The second kappa shape index (κ2) is 15.8. The van der Waals surface area contributed by atoms with E-state index in [9.17, 15) is 30.0 Å². The summed E-state index contributed by atoms with van der Waals surface area (Å²) in [5.74, 6) is 0. The van der Waals surface area contributed by atoms with Crippen molar-refractivity contribution in [3.63, 3.8) is 0 Å². The largest absolute Gasteiger partial charge is 0.394 e. The highest BCUT2D eigenvalue weighted by Gasteiger charge is 2.47. The third kappa shape index (κ3) is 7.26. The fraction of sp³-hybridized carbons (Fsp3) is 0.533. The SMILES string of the molecule is O=c1[nH]cnc2c1ncn2[C@@H]1O[C@H](CO)[C@@H](O)[C@H]1OCc1cn(CCOCCn2cc(CO[C@@H]3[C@H](O)[C@@H](CO)O[C@H]3n3cnc4c(=O)[nH]cnc43)nn2)nn1. The molecule has 0 amide bonds. The van der Waals surface area contributed by atoms with Gasteiger partial charge in [-0.25, -0.2) is 29.3 Å². The number of H-pyrrole nitrogens is 2. The Morgan fingerprint density at radius 1 is 0.691 bits per heavy atom. The zero-order chi connectivity index (χ0) is 38.1. The van der Waals surface area contributed by atoms with E-state index in [0.29, 0.717) is 37.7 Å².